The molecule has 0 spiro atoms. The van der Waals surface area contributed by atoms with E-state index in [0.29, 0.717) is 6.42 Å². The van der Waals surface area contributed by atoms with Crippen molar-refractivity contribution in [2.45, 2.75) is 37.7 Å². The van der Waals surface area contributed by atoms with Gasteiger partial charge in [-0.25, -0.2) is 12.8 Å². The predicted octanol–water partition coefficient (Wildman–Crippen LogP) is 1.89. The molecule has 0 saturated heterocycles. The molecular formula is C16H20FN3O4S. The van der Waals surface area contributed by atoms with Crippen LogP contribution < -0.4 is 5.32 Å². The molecule has 0 bridgehead atoms. The number of carbonyl (C=O) groups excluding carboxylic acids is 1. The first-order chi connectivity index (χ1) is 11.8. The van der Waals surface area contributed by atoms with Crippen molar-refractivity contribution in [2.75, 3.05) is 6.54 Å². The van der Waals surface area contributed by atoms with E-state index in [1.165, 1.54) is 18.2 Å². The van der Waals surface area contributed by atoms with E-state index in [2.05, 4.69) is 15.5 Å². The van der Waals surface area contributed by atoms with Crippen LogP contribution in [0, 0.1) is 11.7 Å². The molecule has 0 unspecified atom stereocenters. The highest BCUT2D eigenvalue weighted by Crippen LogP contribution is 2.17. The lowest BCUT2D eigenvalue weighted by atomic mass is 10.1. The molecule has 0 fully saturated rings. The summed E-state index contributed by atoms with van der Waals surface area (Å²) in [5, 5.41) is 9.32. The highest BCUT2D eigenvalue weighted by Gasteiger charge is 2.24. The minimum atomic E-state index is -3.94. The van der Waals surface area contributed by atoms with Crippen LogP contribution in [-0.2, 0) is 26.8 Å². The Hall–Kier alpha value is -2.29. The molecule has 2 aromatic rings. The smallest absolute Gasteiger partial charge is 0.335 e. The van der Waals surface area contributed by atoms with E-state index >= 15 is 0 Å². The van der Waals surface area contributed by atoms with Crippen molar-refractivity contribution >= 4 is 15.7 Å². The van der Waals surface area contributed by atoms with Crippen LogP contribution in [-0.4, -0.2) is 31.1 Å². The number of benzene rings is 1. The van der Waals surface area contributed by atoms with E-state index in [9.17, 15) is 17.6 Å². The molecular weight excluding hydrogens is 349 g/mol. The molecule has 9 heteroatoms. The van der Waals surface area contributed by atoms with E-state index < -0.39 is 26.6 Å². The van der Waals surface area contributed by atoms with Crippen LogP contribution in [0.15, 0.2) is 33.9 Å². The van der Waals surface area contributed by atoms with Crippen molar-refractivity contribution in [3.63, 3.8) is 0 Å². The molecule has 1 aromatic heterocycles. The summed E-state index contributed by atoms with van der Waals surface area (Å²) in [5.41, 5.74) is 0.0307. The Bertz CT molecular complexity index is 833. The van der Waals surface area contributed by atoms with E-state index in [0.717, 1.165) is 0 Å². The molecule has 0 saturated carbocycles. The monoisotopic (exact) mass is 369 g/mol. The lowest BCUT2D eigenvalue weighted by Crippen LogP contribution is -2.26. The van der Waals surface area contributed by atoms with Gasteiger partial charge in [-0.15, -0.1) is 5.10 Å². The summed E-state index contributed by atoms with van der Waals surface area (Å²) >= 11 is 0. The minimum absolute atomic E-state index is 0.0307. The Labute approximate surface area is 145 Å². The summed E-state index contributed by atoms with van der Waals surface area (Å²) in [4.78, 5) is 11.5. The zero-order valence-electron chi connectivity index (χ0n) is 14.0. The van der Waals surface area contributed by atoms with Gasteiger partial charge in [-0.3, -0.25) is 4.79 Å². The fourth-order valence-corrected chi connectivity index (χ4v) is 3.25. The van der Waals surface area contributed by atoms with Gasteiger partial charge in [-0.2, -0.15) is 0 Å². The largest absolute Gasteiger partial charge is 0.412 e. The molecule has 0 aliphatic heterocycles. The summed E-state index contributed by atoms with van der Waals surface area (Å²) in [6.45, 7) is 4.13. The Morgan fingerprint density at radius 1 is 1.28 bits per heavy atom. The molecule has 136 valence electrons. The van der Waals surface area contributed by atoms with Gasteiger partial charge in [0.25, 0.3) is 0 Å². The van der Waals surface area contributed by atoms with Gasteiger partial charge in [0.15, 0.2) is 0 Å². The van der Waals surface area contributed by atoms with E-state index in [4.69, 9.17) is 4.42 Å². The van der Waals surface area contributed by atoms with Crippen LogP contribution in [0.2, 0.25) is 0 Å². The topological polar surface area (TPSA) is 102 Å². The van der Waals surface area contributed by atoms with Gasteiger partial charge in [-0.1, -0.05) is 37.1 Å². The molecule has 0 radical (unpaired) electrons. The second kappa shape index (κ2) is 8.19. The Balaban J connectivity index is 1.95. The van der Waals surface area contributed by atoms with Gasteiger partial charge < -0.3 is 9.73 Å². The summed E-state index contributed by atoms with van der Waals surface area (Å²) in [6, 6.07) is 5.59. The lowest BCUT2D eigenvalue weighted by molar-refractivity contribution is -0.121. The number of halogens is 1. The van der Waals surface area contributed by atoms with Crippen LogP contribution in [0.5, 0.6) is 0 Å². The number of carbonyl (C=O) groups is 1. The van der Waals surface area contributed by atoms with Crippen LogP contribution >= 0.6 is 0 Å². The predicted molar refractivity (Wildman–Crippen MR) is 87.8 cm³/mol. The number of sulfone groups is 1. The van der Waals surface area contributed by atoms with Gasteiger partial charge in [0.1, 0.15) is 5.82 Å². The zero-order valence-corrected chi connectivity index (χ0v) is 14.8. The van der Waals surface area contributed by atoms with Crippen LogP contribution in [0.1, 0.15) is 31.7 Å². The number of hydrogen-bond acceptors (Lipinski definition) is 6. The van der Waals surface area contributed by atoms with Crippen molar-refractivity contribution in [3.8, 4) is 0 Å². The first-order valence-corrected chi connectivity index (χ1v) is 9.48. The molecule has 1 aromatic carbocycles. The third-order valence-electron chi connectivity index (χ3n) is 3.27. The number of hydrogen-bond donors (Lipinski definition) is 1. The normalized spacial score (nSPS) is 11.7. The lowest BCUT2D eigenvalue weighted by Gasteiger charge is -2.05. The van der Waals surface area contributed by atoms with Crippen LogP contribution in [0.4, 0.5) is 4.39 Å². The highest BCUT2D eigenvalue weighted by molar-refractivity contribution is 7.90. The molecule has 0 atom stereocenters. The minimum Gasteiger partial charge on any atom is -0.412 e. The Morgan fingerprint density at radius 2 is 2.00 bits per heavy atom. The zero-order chi connectivity index (χ0) is 18.4. The Morgan fingerprint density at radius 3 is 2.68 bits per heavy atom. The molecule has 0 aliphatic carbocycles. The average Bonchev–Trinajstić information content (AvgIpc) is 2.98. The van der Waals surface area contributed by atoms with Crippen LogP contribution in [0.3, 0.4) is 0 Å². The molecule has 7 nitrogen and oxygen atoms in total. The first kappa shape index (κ1) is 19.0. The quantitative estimate of drug-likeness (QED) is 0.762. The number of rotatable bonds is 8. The third-order valence-corrected chi connectivity index (χ3v) is 4.66. The number of nitrogens with zero attached hydrogens (tertiary/aromatic N) is 2. The van der Waals surface area contributed by atoms with Crippen LogP contribution in [0.25, 0.3) is 0 Å². The summed E-state index contributed by atoms with van der Waals surface area (Å²) in [5.74, 6) is -0.928. The molecule has 1 heterocycles. The standard InChI is InChI=1S/C16H20FN3O4S/c1-11(2)9-14(21)18-8-7-15-19-20-16(24-15)25(22,23)10-12-5-3-4-6-13(12)17/h3-6,11H,7-10H2,1-2H3,(H,18,21). The average molecular weight is 369 g/mol. The van der Waals surface area contributed by atoms with Gasteiger partial charge >= 0.3 is 5.22 Å². The summed E-state index contributed by atoms with van der Waals surface area (Å²) in [7, 11) is -3.94. The van der Waals surface area contributed by atoms with E-state index in [-0.39, 0.29) is 36.2 Å². The number of aromatic nitrogens is 2. The molecule has 2 rings (SSSR count). The van der Waals surface area contributed by atoms with E-state index in [1.807, 2.05) is 13.8 Å². The molecule has 0 aliphatic rings. The maximum Gasteiger partial charge on any atom is 0.335 e. The van der Waals surface area contributed by atoms with Gasteiger partial charge in [0.2, 0.25) is 21.6 Å². The maximum absolute atomic E-state index is 13.6. The first-order valence-electron chi connectivity index (χ1n) is 7.83. The van der Waals surface area contributed by atoms with Crippen molar-refractivity contribution in [3.05, 3.63) is 41.5 Å². The molecule has 1 amide bonds. The van der Waals surface area contributed by atoms with Crippen molar-refractivity contribution in [2.24, 2.45) is 5.92 Å². The fourth-order valence-electron chi connectivity index (χ4n) is 2.10. The van der Waals surface area contributed by atoms with E-state index in [1.54, 1.807) is 6.07 Å². The number of nitrogens with one attached hydrogen (secondary N) is 1. The van der Waals surface area contributed by atoms with Gasteiger partial charge in [0, 0.05) is 24.9 Å². The van der Waals surface area contributed by atoms with Crippen molar-refractivity contribution < 1.29 is 22.0 Å². The van der Waals surface area contributed by atoms with Crippen molar-refractivity contribution in [1.82, 2.24) is 15.5 Å². The summed E-state index contributed by atoms with van der Waals surface area (Å²) in [6.07, 6.45) is 0.623. The SMILES string of the molecule is CC(C)CC(=O)NCCc1nnc(S(=O)(=O)Cc2ccccc2F)o1. The second-order valence-electron chi connectivity index (χ2n) is 6.01. The number of amides is 1. The third kappa shape index (κ3) is 5.63. The fraction of sp³-hybridized carbons (Fsp3) is 0.438. The van der Waals surface area contributed by atoms with Crippen molar-refractivity contribution in [1.29, 1.82) is 0 Å². The highest BCUT2D eigenvalue weighted by atomic mass is 32.2. The second-order valence-corrected chi connectivity index (χ2v) is 7.88. The maximum atomic E-state index is 13.6. The van der Waals surface area contributed by atoms with Gasteiger partial charge in [-0.05, 0) is 12.0 Å². The summed E-state index contributed by atoms with van der Waals surface area (Å²) < 4.78 is 43.2. The molecule has 1 N–H and O–H groups in total. The molecule has 25 heavy (non-hydrogen) atoms. The Kier molecular flexibility index (Phi) is 6.24. The van der Waals surface area contributed by atoms with Gasteiger partial charge in [0.05, 0.1) is 5.75 Å².